The second kappa shape index (κ2) is 6.51. The molecule has 1 aliphatic rings. The largest absolute Gasteiger partial charge is 0.481 e. The maximum atomic E-state index is 11.2. The van der Waals surface area contributed by atoms with Gasteiger partial charge in [0.15, 0.2) is 5.82 Å². The minimum Gasteiger partial charge on any atom is -0.481 e. The van der Waals surface area contributed by atoms with Gasteiger partial charge >= 0.3 is 5.97 Å². The predicted octanol–water partition coefficient (Wildman–Crippen LogP) is 2.37. The van der Waals surface area contributed by atoms with Crippen LogP contribution in [0.15, 0.2) is 0 Å². The van der Waals surface area contributed by atoms with Crippen molar-refractivity contribution in [2.24, 2.45) is 5.41 Å². The molecule has 0 spiro atoms. The monoisotopic (exact) mass is 296 g/mol. The van der Waals surface area contributed by atoms with Gasteiger partial charge in [-0.3, -0.25) is 4.79 Å². The number of rotatable bonds is 5. The van der Waals surface area contributed by atoms with Crippen molar-refractivity contribution >= 4 is 5.97 Å². The van der Waals surface area contributed by atoms with Crippen LogP contribution in [0.2, 0.25) is 0 Å². The Morgan fingerprint density at radius 2 is 2.24 bits per heavy atom. The maximum Gasteiger partial charge on any atom is 0.305 e. The van der Waals surface area contributed by atoms with E-state index in [-0.39, 0.29) is 24.0 Å². The summed E-state index contributed by atoms with van der Waals surface area (Å²) in [5, 5.41) is 21.0. The fourth-order valence-electron chi connectivity index (χ4n) is 2.77. The number of nitrogens with zero attached hydrogens (tertiary/aromatic N) is 4. The highest BCUT2D eigenvalue weighted by Gasteiger charge is 2.29. The quantitative estimate of drug-likeness (QED) is 0.897. The molecule has 2 unspecified atom stereocenters. The third-order valence-electron chi connectivity index (χ3n) is 3.59. The van der Waals surface area contributed by atoms with Crippen LogP contribution in [0.25, 0.3) is 0 Å². The molecule has 7 heteroatoms. The number of aromatic nitrogens is 4. The minimum atomic E-state index is -0.838. The van der Waals surface area contributed by atoms with Crippen LogP contribution in [0.1, 0.15) is 70.8 Å². The number of carboxylic acids is 1. The Kier molecular flexibility index (Phi) is 4.92. The molecule has 1 N–H and O–H groups in total. The lowest BCUT2D eigenvalue weighted by molar-refractivity contribution is -0.138. The summed E-state index contributed by atoms with van der Waals surface area (Å²) >= 11 is 0. The fraction of sp³-hybridized carbons (Fsp3) is 0.857. The van der Waals surface area contributed by atoms with Crippen molar-refractivity contribution < 1.29 is 14.6 Å². The van der Waals surface area contributed by atoms with Crippen LogP contribution in [0.4, 0.5) is 0 Å². The van der Waals surface area contributed by atoms with Gasteiger partial charge in [-0.2, -0.15) is 0 Å². The first kappa shape index (κ1) is 15.9. The van der Waals surface area contributed by atoms with Crippen molar-refractivity contribution in [3.8, 4) is 0 Å². The van der Waals surface area contributed by atoms with E-state index in [1.54, 1.807) is 4.68 Å². The average molecular weight is 296 g/mol. The Labute approximate surface area is 124 Å². The van der Waals surface area contributed by atoms with Gasteiger partial charge in [-0.25, -0.2) is 4.68 Å². The van der Waals surface area contributed by atoms with Crippen LogP contribution in [0, 0.1) is 5.41 Å². The maximum absolute atomic E-state index is 11.2. The van der Waals surface area contributed by atoms with Gasteiger partial charge in [-0.15, -0.1) is 5.10 Å². The summed E-state index contributed by atoms with van der Waals surface area (Å²) in [6, 6.07) is -0.252. The summed E-state index contributed by atoms with van der Waals surface area (Å²) in [5.41, 5.74) is -0.00322. The zero-order chi connectivity index (χ0) is 15.5. The number of hydrogen-bond donors (Lipinski definition) is 1. The van der Waals surface area contributed by atoms with Crippen LogP contribution in [0.5, 0.6) is 0 Å². The van der Waals surface area contributed by atoms with Gasteiger partial charge in [0.1, 0.15) is 6.10 Å². The van der Waals surface area contributed by atoms with E-state index in [4.69, 9.17) is 9.84 Å². The molecule has 2 heterocycles. The number of carbonyl (C=O) groups is 1. The van der Waals surface area contributed by atoms with E-state index >= 15 is 0 Å². The SMILES string of the molecule is CC(C)(C)CC(CC(=O)O)n1nnnc1C1CCCCO1. The Hall–Kier alpha value is -1.50. The lowest BCUT2D eigenvalue weighted by atomic mass is 9.87. The molecule has 7 nitrogen and oxygen atoms in total. The summed E-state index contributed by atoms with van der Waals surface area (Å²) in [5.74, 6) is -0.180. The number of hydrogen-bond acceptors (Lipinski definition) is 5. The molecule has 1 aromatic rings. The average Bonchev–Trinajstić information content (AvgIpc) is 2.86. The Morgan fingerprint density at radius 3 is 2.81 bits per heavy atom. The van der Waals surface area contributed by atoms with Gasteiger partial charge in [-0.05, 0) is 41.5 Å². The molecule has 0 radical (unpaired) electrons. The van der Waals surface area contributed by atoms with Gasteiger partial charge in [0, 0.05) is 6.61 Å². The third kappa shape index (κ3) is 4.49. The highest BCUT2D eigenvalue weighted by molar-refractivity contribution is 5.67. The number of tetrazole rings is 1. The molecular weight excluding hydrogens is 272 g/mol. The molecule has 118 valence electrons. The first-order chi connectivity index (χ1) is 9.87. The third-order valence-corrected chi connectivity index (χ3v) is 3.59. The zero-order valence-corrected chi connectivity index (χ0v) is 12.9. The van der Waals surface area contributed by atoms with E-state index in [2.05, 4.69) is 36.3 Å². The molecule has 1 aliphatic heterocycles. The molecule has 1 fully saturated rings. The van der Waals surface area contributed by atoms with E-state index in [1.807, 2.05) is 0 Å². The highest BCUT2D eigenvalue weighted by Crippen LogP contribution is 2.33. The lowest BCUT2D eigenvalue weighted by Crippen LogP contribution is -2.25. The number of aliphatic carboxylic acids is 1. The van der Waals surface area contributed by atoms with Crippen molar-refractivity contribution in [3.63, 3.8) is 0 Å². The highest BCUT2D eigenvalue weighted by atomic mass is 16.5. The van der Waals surface area contributed by atoms with Crippen LogP contribution < -0.4 is 0 Å². The number of ether oxygens (including phenoxy) is 1. The van der Waals surface area contributed by atoms with Crippen molar-refractivity contribution in [2.45, 2.75) is 65.0 Å². The normalized spacial score (nSPS) is 21.2. The number of carboxylic acid groups (broad SMARTS) is 1. The molecule has 21 heavy (non-hydrogen) atoms. The van der Waals surface area contributed by atoms with Crippen LogP contribution in [-0.4, -0.2) is 37.9 Å². The van der Waals surface area contributed by atoms with E-state index in [0.717, 1.165) is 19.3 Å². The van der Waals surface area contributed by atoms with E-state index in [1.165, 1.54) is 0 Å². The Bertz CT molecular complexity index is 475. The standard InChI is InChI=1S/C14H24N4O3/c1-14(2,3)9-10(8-12(19)20)18-13(15-16-17-18)11-6-4-5-7-21-11/h10-11H,4-9H2,1-3H3,(H,19,20). The van der Waals surface area contributed by atoms with Gasteiger partial charge in [0.05, 0.1) is 12.5 Å². The van der Waals surface area contributed by atoms with Crippen molar-refractivity contribution in [1.82, 2.24) is 20.2 Å². The molecule has 0 amide bonds. The van der Waals surface area contributed by atoms with Crippen molar-refractivity contribution in [1.29, 1.82) is 0 Å². The molecule has 1 saturated heterocycles. The van der Waals surface area contributed by atoms with E-state index < -0.39 is 5.97 Å². The second-order valence-electron chi connectivity index (χ2n) is 6.85. The van der Waals surface area contributed by atoms with Gasteiger partial charge in [-0.1, -0.05) is 20.8 Å². The van der Waals surface area contributed by atoms with Crippen LogP contribution >= 0.6 is 0 Å². The van der Waals surface area contributed by atoms with Crippen molar-refractivity contribution in [2.75, 3.05) is 6.61 Å². The fourth-order valence-corrected chi connectivity index (χ4v) is 2.77. The van der Waals surface area contributed by atoms with Gasteiger partial charge in [0.2, 0.25) is 0 Å². The van der Waals surface area contributed by atoms with Gasteiger partial charge < -0.3 is 9.84 Å². The molecule has 0 bridgehead atoms. The molecule has 2 rings (SSSR count). The molecule has 0 aliphatic carbocycles. The summed E-state index contributed by atoms with van der Waals surface area (Å²) in [4.78, 5) is 11.2. The molecule has 1 aromatic heterocycles. The first-order valence-corrected chi connectivity index (χ1v) is 7.48. The molecular formula is C14H24N4O3. The Morgan fingerprint density at radius 1 is 1.48 bits per heavy atom. The molecule has 0 saturated carbocycles. The summed E-state index contributed by atoms with van der Waals surface area (Å²) in [6.45, 7) is 6.97. The zero-order valence-electron chi connectivity index (χ0n) is 12.9. The Balaban J connectivity index is 2.23. The summed E-state index contributed by atoms with van der Waals surface area (Å²) in [7, 11) is 0. The topological polar surface area (TPSA) is 90.1 Å². The van der Waals surface area contributed by atoms with Gasteiger partial charge in [0.25, 0.3) is 0 Å². The smallest absolute Gasteiger partial charge is 0.305 e. The summed E-state index contributed by atoms with van der Waals surface area (Å²) in [6.07, 6.45) is 3.62. The second-order valence-corrected chi connectivity index (χ2v) is 6.85. The minimum absolute atomic E-state index is 0.00322. The molecule has 0 aromatic carbocycles. The summed E-state index contributed by atoms with van der Waals surface area (Å²) < 4.78 is 7.40. The predicted molar refractivity (Wildman–Crippen MR) is 75.7 cm³/mol. The first-order valence-electron chi connectivity index (χ1n) is 7.48. The van der Waals surface area contributed by atoms with E-state index in [0.29, 0.717) is 18.9 Å². The van der Waals surface area contributed by atoms with Crippen LogP contribution in [-0.2, 0) is 9.53 Å². The van der Waals surface area contributed by atoms with Crippen molar-refractivity contribution in [3.05, 3.63) is 5.82 Å². The lowest BCUT2D eigenvalue weighted by Gasteiger charge is -2.28. The molecule has 2 atom stereocenters. The van der Waals surface area contributed by atoms with Crippen LogP contribution in [0.3, 0.4) is 0 Å². The van der Waals surface area contributed by atoms with E-state index in [9.17, 15) is 4.79 Å².